The molecule has 0 fully saturated rings. The SMILES string of the molecule is C#CCn1cccc1OC. The summed E-state index contributed by atoms with van der Waals surface area (Å²) in [4.78, 5) is 0. The Bertz CT molecular complexity index is 244. The lowest BCUT2D eigenvalue weighted by molar-refractivity contribution is 0.379. The van der Waals surface area contributed by atoms with Gasteiger partial charge in [-0.15, -0.1) is 6.42 Å². The molecule has 2 nitrogen and oxygen atoms in total. The highest BCUT2D eigenvalue weighted by Crippen LogP contribution is 2.09. The standard InChI is InChI=1S/C8H9NO/c1-3-6-9-7-4-5-8(9)10-2/h1,4-5,7H,6H2,2H3. The molecule has 1 aromatic heterocycles. The first kappa shape index (κ1) is 6.76. The summed E-state index contributed by atoms with van der Waals surface area (Å²) in [6, 6.07) is 3.77. The molecule has 52 valence electrons. The van der Waals surface area contributed by atoms with E-state index >= 15 is 0 Å². The van der Waals surface area contributed by atoms with Gasteiger partial charge in [0.05, 0.1) is 13.7 Å². The minimum absolute atomic E-state index is 0.566. The predicted octanol–water partition coefficient (Wildman–Crippen LogP) is 1.13. The molecule has 0 atom stereocenters. The van der Waals surface area contributed by atoms with Crippen molar-refractivity contribution in [1.82, 2.24) is 4.57 Å². The van der Waals surface area contributed by atoms with Crippen LogP contribution in [0.25, 0.3) is 0 Å². The van der Waals surface area contributed by atoms with E-state index < -0.39 is 0 Å². The quantitative estimate of drug-likeness (QED) is 0.554. The first-order chi connectivity index (χ1) is 4.88. The van der Waals surface area contributed by atoms with E-state index in [-0.39, 0.29) is 0 Å². The van der Waals surface area contributed by atoms with E-state index in [0.717, 1.165) is 5.88 Å². The van der Waals surface area contributed by atoms with Crippen LogP contribution in [0.4, 0.5) is 0 Å². The average molecular weight is 135 g/mol. The Hall–Kier alpha value is -1.36. The topological polar surface area (TPSA) is 14.2 Å². The van der Waals surface area contributed by atoms with Crippen LogP contribution < -0.4 is 4.74 Å². The summed E-state index contributed by atoms with van der Waals surface area (Å²) in [5.74, 6) is 3.33. The first-order valence-electron chi connectivity index (χ1n) is 3.01. The summed E-state index contributed by atoms with van der Waals surface area (Å²) in [5.41, 5.74) is 0. The van der Waals surface area contributed by atoms with Crippen molar-refractivity contribution in [3.05, 3.63) is 18.3 Å². The van der Waals surface area contributed by atoms with Crippen LogP contribution in [0.5, 0.6) is 5.88 Å². The van der Waals surface area contributed by atoms with Crippen LogP contribution in [0.15, 0.2) is 18.3 Å². The highest BCUT2D eigenvalue weighted by atomic mass is 16.5. The van der Waals surface area contributed by atoms with Gasteiger partial charge in [0.1, 0.15) is 0 Å². The Labute approximate surface area is 60.4 Å². The Kier molecular flexibility index (Phi) is 2.01. The fourth-order valence-electron chi connectivity index (χ4n) is 0.813. The molecule has 0 N–H and O–H groups in total. The molecule has 0 spiro atoms. The van der Waals surface area contributed by atoms with Crippen LogP contribution in [0.1, 0.15) is 0 Å². The molecule has 0 unspecified atom stereocenters. The molecule has 0 aliphatic heterocycles. The zero-order valence-corrected chi connectivity index (χ0v) is 5.87. The van der Waals surface area contributed by atoms with E-state index in [1.807, 2.05) is 22.9 Å². The molecule has 1 rings (SSSR count). The molecule has 0 saturated carbocycles. The van der Waals surface area contributed by atoms with Crippen molar-refractivity contribution in [2.45, 2.75) is 6.54 Å². The molecule has 0 aliphatic rings. The molecule has 1 aromatic rings. The van der Waals surface area contributed by atoms with Crippen LogP contribution >= 0.6 is 0 Å². The zero-order valence-electron chi connectivity index (χ0n) is 5.87. The number of aromatic nitrogens is 1. The highest BCUT2D eigenvalue weighted by Gasteiger charge is 1.95. The number of nitrogens with zero attached hydrogens (tertiary/aromatic N) is 1. The molecule has 0 radical (unpaired) electrons. The monoisotopic (exact) mass is 135 g/mol. The lowest BCUT2D eigenvalue weighted by Gasteiger charge is -2.01. The summed E-state index contributed by atoms with van der Waals surface area (Å²) in [7, 11) is 1.63. The summed E-state index contributed by atoms with van der Waals surface area (Å²) in [6.07, 6.45) is 7.00. The molecule has 0 saturated heterocycles. The molecular formula is C8H9NO. The molecule has 10 heavy (non-hydrogen) atoms. The highest BCUT2D eigenvalue weighted by molar-refractivity contribution is 5.14. The van der Waals surface area contributed by atoms with E-state index in [1.54, 1.807) is 7.11 Å². The van der Waals surface area contributed by atoms with Crippen molar-refractivity contribution in [2.75, 3.05) is 7.11 Å². The number of hydrogen-bond donors (Lipinski definition) is 0. The van der Waals surface area contributed by atoms with Crippen LogP contribution in [-0.4, -0.2) is 11.7 Å². The average Bonchev–Trinajstić information content (AvgIpc) is 2.36. The summed E-state index contributed by atoms with van der Waals surface area (Å²) in [5, 5.41) is 0. The third kappa shape index (κ3) is 1.14. The van der Waals surface area contributed by atoms with E-state index in [4.69, 9.17) is 11.2 Å². The summed E-state index contributed by atoms with van der Waals surface area (Å²) in [6.45, 7) is 0.566. The van der Waals surface area contributed by atoms with Gasteiger partial charge < -0.3 is 9.30 Å². The Morgan fingerprint density at radius 3 is 3.20 bits per heavy atom. The van der Waals surface area contributed by atoms with Crippen molar-refractivity contribution in [1.29, 1.82) is 0 Å². The largest absolute Gasteiger partial charge is 0.482 e. The zero-order chi connectivity index (χ0) is 7.40. The van der Waals surface area contributed by atoms with Gasteiger partial charge in [0.2, 0.25) is 0 Å². The second-order valence-electron chi connectivity index (χ2n) is 1.88. The maximum atomic E-state index is 5.12. The maximum Gasteiger partial charge on any atom is 0.193 e. The number of ether oxygens (including phenoxy) is 1. The van der Waals surface area contributed by atoms with Gasteiger partial charge in [-0.3, -0.25) is 0 Å². The molecule has 0 aromatic carbocycles. The molecule has 1 heterocycles. The minimum atomic E-state index is 0.566. The van der Waals surface area contributed by atoms with Crippen molar-refractivity contribution in [3.8, 4) is 18.2 Å². The van der Waals surface area contributed by atoms with Gasteiger partial charge in [-0.2, -0.15) is 0 Å². The minimum Gasteiger partial charge on any atom is -0.482 e. The van der Waals surface area contributed by atoms with Crippen LogP contribution in [0.3, 0.4) is 0 Å². The van der Waals surface area contributed by atoms with Gasteiger partial charge in [0, 0.05) is 6.20 Å². The lowest BCUT2D eigenvalue weighted by atomic mass is 10.6. The van der Waals surface area contributed by atoms with Crippen LogP contribution in [-0.2, 0) is 6.54 Å². The van der Waals surface area contributed by atoms with Crippen LogP contribution in [0.2, 0.25) is 0 Å². The smallest absolute Gasteiger partial charge is 0.193 e. The Balaban J connectivity index is 2.82. The van der Waals surface area contributed by atoms with E-state index in [0.29, 0.717) is 6.54 Å². The van der Waals surface area contributed by atoms with Gasteiger partial charge >= 0.3 is 0 Å². The predicted molar refractivity (Wildman–Crippen MR) is 39.8 cm³/mol. The second-order valence-corrected chi connectivity index (χ2v) is 1.88. The molecule has 2 heteroatoms. The van der Waals surface area contributed by atoms with Gasteiger partial charge in [-0.25, -0.2) is 0 Å². The van der Waals surface area contributed by atoms with Crippen molar-refractivity contribution >= 4 is 0 Å². The van der Waals surface area contributed by atoms with Crippen molar-refractivity contribution < 1.29 is 4.74 Å². The Morgan fingerprint density at radius 2 is 2.60 bits per heavy atom. The molecule has 0 amide bonds. The van der Waals surface area contributed by atoms with Crippen LogP contribution in [0, 0.1) is 12.3 Å². The third-order valence-electron chi connectivity index (χ3n) is 1.26. The van der Waals surface area contributed by atoms with E-state index in [1.165, 1.54) is 0 Å². The summed E-state index contributed by atoms with van der Waals surface area (Å²) >= 11 is 0. The van der Waals surface area contributed by atoms with Gasteiger partial charge in [-0.05, 0) is 12.1 Å². The second kappa shape index (κ2) is 2.98. The first-order valence-corrected chi connectivity index (χ1v) is 3.01. The fraction of sp³-hybridized carbons (Fsp3) is 0.250. The molecule has 0 aliphatic carbocycles. The number of terminal acetylenes is 1. The number of methoxy groups -OCH3 is 1. The third-order valence-corrected chi connectivity index (χ3v) is 1.26. The normalized spacial score (nSPS) is 8.80. The van der Waals surface area contributed by atoms with Gasteiger partial charge in [0.15, 0.2) is 5.88 Å². The van der Waals surface area contributed by atoms with E-state index in [2.05, 4.69) is 5.92 Å². The lowest BCUT2D eigenvalue weighted by Crippen LogP contribution is -1.96. The number of rotatable bonds is 2. The molecular weight excluding hydrogens is 126 g/mol. The van der Waals surface area contributed by atoms with Crippen molar-refractivity contribution in [2.24, 2.45) is 0 Å². The van der Waals surface area contributed by atoms with E-state index in [9.17, 15) is 0 Å². The fourth-order valence-corrected chi connectivity index (χ4v) is 0.813. The van der Waals surface area contributed by atoms with Crippen molar-refractivity contribution in [3.63, 3.8) is 0 Å². The summed E-state index contributed by atoms with van der Waals surface area (Å²) < 4.78 is 6.87. The van der Waals surface area contributed by atoms with Gasteiger partial charge in [0.25, 0.3) is 0 Å². The number of hydrogen-bond acceptors (Lipinski definition) is 1. The maximum absolute atomic E-state index is 5.12. The molecule has 0 bridgehead atoms. The Morgan fingerprint density at radius 1 is 1.80 bits per heavy atom. The van der Waals surface area contributed by atoms with Gasteiger partial charge in [-0.1, -0.05) is 5.92 Å².